The van der Waals surface area contributed by atoms with E-state index in [1.54, 1.807) is 0 Å². The number of hydrogen-bond acceptors (Lipinski definition) is 3. The fourth-order valence-electron chi connectivity index (χ4n) is 3.05. The van der Waals surface area contributed by atoms with Gasteiger partial charge in [0.1, 0.15) is 0 Å². The van der Waals surface area contributed by atoms with Crippen molar-refractivity contribution in [1.82, 2.24) is 19.9 Å². The Bertz CT molecular complexity index is 1100. The van der Waals surface area contributed by atoms with E-state index in [-0.39, 0.29) is 5.91 Å². The van der Waals surface area contributed by atoms with Crippen LogP contribution in [0.3, 0.4) is 0 Å². The maximum atomic E-state index is 11.5. The molecule has 0 aliphatic heterocycles. The minimum atomic E-state index is -0.0842. The standard InChI is InChI=1S/C22H20N4O/c1-15-8-10-18(11-9-15)22-20(14-23-16(2)27)26-21(24-22)13-12-19(25-26)17-6-4-3-5-7-17/h3-13H,14H2,1-2H3,(H,23,27). The molecule has 0 bridgehead atoms. The van der Waals surface area contributed by atoms with Crippen LogP contribution in [-0.2, 0) is 11.3 Å². The van der Waals surface area contributed by atoms with Gasteiger partial charge < -0.3 is 5.32 Å². The molecule has 2 aromatic carbocycles. The third-order valence-electron chi connectivity index (χ3n) is 4.47. The molecule has 5 heteroatoms. The number of hydrogen-bond donors (Lipinski definition) is 1. The first-order valence-corrected chi connectivity index (χ1v) is 8.87. The van der Waals surface area contributed by atoms with Gasteiger partial charge in [-0.2, -0.15) is 5.10 Å². The number of imidazole rings is 1. The fourth-order valence-corrected chi connectivity index (χ4v) is 3.05. The van der Waals surface area contributed by atoms with Crippen LogP contribution in [0, 0.1) is 6.92 Å². The Kier molecular flexibility index (Phi) is 4.42. The highest BCUT2D eigenvalue weighted by molar-refractivity contribution is 5.74. The monoisotopic (exact) mass is 356 g/mol. The van der Waals surface area contributed by atoms with Gasteiger partial charge in [-0.3, -0.25) is 4.79 Å². The van der Waals surface area contributed by atoms with Gasteiger partial charge in [0.15, 0.2) is 5.65 Å². The van der Waals surface area contributed by atoms with E-state index in [0.29, 0.717) is 6.54 Å². The predicted octanol–water partition coefficient (Wildman–Crippen LogP) is 4.01. The average Bonchev–Trinajstić information content (AvgIpc) is 3.05. The fraction of sp³-hybridized carbons (Fsp3) is 0.136. The maximum absolute atomic E-state index is 11.5. The summed E-state index contributed by atoms with van der Waals surface area (Å²) < 4.78 is 1.83. The van der Waals surface area contributed by atoms with Crippen molar-refractivity contribution in [2.45, 2.75) is 20.4 Å². The van der Waals surface area contributed by atoms with Crippen molar-refractivity contribution < 1.29 is 4.79 Å². The molecule has 1 N–H and O–H groups in total. The summed E-state index contributed by atoms with van der Waals surface area (Å²) in [6.07, 6.45) is 0. The van der Waals surface area contributed by atoms with Crippen molar-refractivity contribution in [3.8, 4) is 22.5 Å². The van der Waals surface area contributed by atoms with Crippen LogP contribution in [0.4, 0.5) is 0 Å². The second kappa shape index (κ2) is 7.03. The van der Waals surface area contributed by atoms with Crippen molar-refractivity contribution in [2.75, 3.05) is 0 Å². The Morgan fingerprint density at radius 3 is 2.41 bits per heavy atom. The van der Waals surface area contributed by atoms with Crippen LogP contribution >= 0.6 is 0 Å². The average molecular weight is 356 g/mol. The smallest absolute Gasteiger partial charge is 0.217 e. The topological polar surface area (TPSA) is 59.3 Å². The van der Waals surface area contributed by atoms with Gasteiger partial charge in [-0.05, 0) is 19.1 Å². The summed E-state index contributed by atoms with van der Waals surface area (Å²) in [7, 11) is 0. The number of rotatable bonds is 4. The summed E-state index contributed by atoms with van der Waals surface area (Å²) in [5.74, 6) is -0.0842. The molecule has 0 saturated heterocycles. The number of carbonyl (C=O) groups excluding carboxylic acids is 1. The number of aromatic nitrogens is 3. The normalized spacial score (nSPS) is 10.9. The molecule has 0 radical (unpaired) electrons. The summed E-state index contributed by atoms with van der Waals surface area (Å²) >= 11 is 0. The zero-order chi connectivity index (χ0) is 18.8. The largest absolute Gasteiger partial charge is 0.351 e. The van der Waals surface area contributed by atoms with E-state index < -0.39 is 0 Å². The predicted molar refractivity (Wildman–Crippen MR) is 106 cm³/mol. The van der Waals surface area contributed by atoms with Crippen molar-refractivity contribution in [2.24, 2.45) is 0 Å². The summed E-state index contributed by atoms with van der Waals surface area (Å²) in [4.78, 5) is 16.3. The first-order chi connectivity index (χ1) is 13.1. The molecular weight excluding hydrogens is 336 g/mol. The molecule has 4 aromatic rings. The molecule has 27 heavy (non-hydrogen) atoms. The van der Waals surface area contributed by atoms with E-state index >= 15 is 0 Å². The molecule has 0 saturated carbocycles. The molecule has 0 fully saturated rings. The third kappa shape index (κ3) is 3.44. The first-order valence-electron chi connectivity index (χ1n) is 8.87. The second-order valence-electron chi connectivity index (χ2n) is 6.54. The minimum Gasteiger partial charge on any atom is -0.351 e. The number of benzene rings is 2. The highest BCUT2D eigenvalue weighted by atomic mass is 16.1. The number of amides is 1. The number of fused-ring (bicyclic) bond motifs is 1. The molecule has 4 rings (SSSR count). The molecule has 0 atom stereocenters. The highest BCUT2D eigenvalue weighted by Crippen LogP contribution is 2.26. The molecule has 0 aliphatic carbocycles. The summed E-state index contributed by atoms with van der Waals surface area (Å²) in [6.45, 7) is 3.93. The highest BCUT2D eigenvalue weighted by Gasteiger charge is 2.16. The Morgan fingerprint density at radius 2 is 1.70 bits per heavy atom. The molecule has 2 aromatic heterocycles. The van der Waals surface area contributed by atoms with Gasteiger partial charge in [-0.25, -0.2) is 9.50 Å². The summed E-state index contributed by atoms with van der Waals surface area (Å²) in [5.41, 5.74) is 6.55. The van der Waals surface area contributed by atoms with E-state index in [1.807, 2.05) is 59.1 Å². The quantitative estimate of drug-likeness (QED) is 0.601. The van der Waals surface area contributed by atoms with Crippen LogP contribution in [0.5, 0.6) is 0 Å². The number of aryl methyl sites for hydroxylation is 1. The van der Waals surface area contributed by atoms with Crippen LogP contribution in [-0.4, -0.2) is 20.5 Å². The lowest BCUT2D eigenvalue weighted by Gasteiger charge is -2.07. The van der Waals surface area contributed by atoms with E-state index in [4.69, 9.17) is 10.1 Å². The Labute approximate surface area is 157 Å². The van der Waals surface area contributed by atoms with Gasteiger partial charge in [-0.1, -0.05) is 60.2 Å². The van der Waals surface area contributed by atoms with E-state index in [0.717, 1.165) is 33.9 Å². The third-order valence-corrected chi connectivity index (χ3v) is 4.47. The van der Waals surface area contributed by atoms with Crippen LogP contribution in [0.25, 0.3) is 28.2 Å². The SMILES string of the molecule is CC(=O)NCc1c(-c2ccc(C)cc2)nc2ccc(-c3ccccc3)nn12. The van der Waals surface area contributed by atoms with E-state index in [1.165, 1.54) is 12.5 Å². The molecule has 1 amide bonds. The Morgan fingerprint density at radius 1 is 0.963 bits per heavy atom. The van der Waals surface area contributed by atoms with Gasteiger partial charge in [0.2, 0.25) is 5.91 Å². The van der Waals surface area contributed by atoms with Crippen molar-refractivity contribution >= 4 is 11.6 Å². The number of carbonyl (C=O) groups is 1. The molecule has 0 unspecified atom stereocenters. The zero-order valence-corrected chi connectivity index (χ0v) is 15.3. The van der Waals surface area contributed by atoms with Crippen molar-refractivity contribution in [1.29, 1.82) is 0 Å². The van der Waals surface area contributed by atoms with Gasteiger partial charge >= 0.3 is 0 Å². The van der Waals surface area contributed by atoms with Gasteiger partial charge in [-0.15, -0.1) is 0 Å². The van der Waals surface area contributed by atoms with E-state index in [9.17, 15) is 4.79 Å². The van der Waals surface area contributed by atoms with Gasteiger partial charge in [0.25, 0.3) is 0 Å². The Hall–Kier alpha value is -3.47. The summed E-state index contributed by atoms with van der Waals surface area (Å²) in [5, 5.41) is 7.67. The molecule has 5 nitrogen and oxygen atoms in total. The lowest BCUT2D eigenvalue weighted by Crippen LogP contribution is -2.20. The van der Waals surface area contributed by atoms with Gasteiger partial charge in [0, 0.05) is 18.1 Å². The lowest BCUT2D eigenvalue weighted by atomic mass is 10.1. The summed E-state index contributed by atoms with van der Waals surface area (Å²) in [6, 6.07) is 22.2. The second-order valence-corrected chi connectivity index (χ2v) is 6.54. The molecule has 134 valence electrons. The molecule has 2 heterocycles. The Balaban J connectivity index is 1.88. The number of nitrogens with zero attached hydrogens (tertiary/aromatic N) is 3. The maximum Gasteiger partial charge on any atom is 0.217 e. The van der Waals surface area contributed by atoms with Crippen molar-refractivity contribution in [3.63, 3.8) is 0 Å². The van der Waals surface area contributed by atoms with Crippen LogP contribution in [0.15, 0.2) is 66.7 Å². The minimum absolute atomic E-state index is 0.0842. The van der Waals surface area contributed by atoms with Crippen LogP contribution < -0.4 is 5.32 Å². The van der Waals surface area contributed by atoms with Crippen LogP contribution in [0.1, 0.15) is 18.2 Å². The zero-order valence-electron chi connectivity index (χ0n) is 15.3. The molecule has 0 spiro atoms. The lowest BCUT2D eigenvalue weighted by molar-refractivity contribution is -0.119. The first kappa shape index (κ1) is 17.0. The molecule has 0 aliphatic rings. The van der Waals surface area contributed by atoms with Crippen molar-refractivity contribution in [3.05, 3.63) is 78.0 Å². The number of nitrogens with one attached hydrogen (secondary N) is 1. The molecular formula is C22H20N4O. The van der Waals surface area contributed by atoms with E-state index in [2.05, 4.69) is 24.4 Å². The van der Waals surface area contributed by atoms with Crippen LogP contribution in [0.2, 0.25) is 0 Å². The van der Waals surface area contributed by atoms with Gasteiger partial charge in [0.05, 0.1) is 23.6 Å².